The van der Waals surface area contributed by atoms with Crippen LogP contribution in [-0.2, 0) is 13.1 Å². The Morgan fingerprint density at radius 1 is 1.06 bits per heavy atom. The molecule has 0 bridgehead atoms. The van der Waals surface area contributed by atoms with Crippen molar-refractivity contribution in [3.05, 3.63) is 88.6 Å². The van der Waals surface area contributed by atoms with Gasteiger partial charge in [0.15, 0.2) is 0 Å². The highest BCUT2D eigenvalue weighted by molar-refractivity contribution is 7.10. The molecular weight excluding hydrogens is 456 g/mol. The van der Waals surface area contributed by atoms with Gasteiger partial charge in [0.25, 0.3) is 5.91 Å². The van der Waals surface area contributed by atoms with Crippen LogP contribution in [0.2, 0.25) is 0 Å². The van der Waals surface area contributed by atoms with E-state index in [1.165, 1.54) is 36.4 Å². The highest BCUT2D eigenvalue weighted by Crippen LogP contribution is 2.31. The molecule has 1 aliphatic heterocycles. The van der Waals surface area contributed by atoms with Crippen LogP contribution in [0.5, 0.6) is 0 Å². The number of nitrogens with zero attached hydrogens (tertiary/aromatic N) is 4. The summed E-state index contributed by atoms with van der Waals surface area (Å²) in [6, 6.07) is 14.4. The van der Waals surface area contributed by atoms with Gasteiger partial charge in [-0.15, -0.1) is 11.3 Å². The summed E-state index contributed by atoms with van der Waals surface area (Å²) < 4.78 is 1.77. The number of H-pyrrole nitrogens is 1. The summed E-state index contributed by atoms with van der Waals surface area (Å²) in [6.45, 7) is 4.02. The molecule has 2 N–H and O–H groups in total. The molecule has 1 aromatic carbocycles. The summed E-state index contributed by atoms with van der Waals surface area (Å²) in [5, 5.41) is 10.5. The highest BCUT2D eigenvalue weighted by atomic mass is 32.1. The lowest BCUT2D eigenvalue weighted by atomic mass is 10.1. The number of carbonyl (C=O) groups is 1. The Morgan fingerprint density at radius 2 is 1.91 bits per heavy atom. The minimum absolute atomic E-state index is 0.195. The number of aromatic amines is 1. The van der Waals surface area contributed by atoms with Gasteiger partial charge in [0.2, 0.25) is 0 Å². The van der Waals surface area contributed by atoms with Gasteiger partial charge in [-0.3, -0.25) is 14.4 Å². The lowest BCUT2D eigenvalue weighted by molar-refractivity contribution is 0.102. The number of nitrogens with one attached hydrogen (secondary N) is 2. The van der Waals surface area contributed by atoms with Crippen LogP contribution in [0.4, 0.5) is 5.69 Å². The predicted octanol–water partition coefficient (Wildman–Crippen LogP) is 5.38. The maximum Gasteiger partial charge on any atom is 0.258 e. The first-order valence-corrected chi connectivity index (χ1v) is 12.7. The first-order chi connectivity index (χ1) is 17.2. The van der Waals surface area contributed by atoms with Crippen LogP contribution in [0.3, 0.4) is 0 Å². The third-order valence-electron chi connectivity index (χ3n) is 6.43. The summed E-state index contributed by atoms with van der Waals surface area (Å²) in [5.41, 5.74) is 5.32. The standard InChI is InChI=1S/C27H26N6OS/c34-27(22-13-30-33(16-22)15-19-6-2-1-3-7-19)31-25-14-29-26-24(25)11-20(12-28-26)21-10-23(35-18-21)17-32-8-4-5-9-32/h1-3,6-7,10-14,16,18H,4-5,8-9,15,17H2,(H,28,29)(H,31,34). The van der Waals surface area contributed by atoms with Gasteiger partial charge in [0.1, 0.15) is 5.65 Å². The predicted molar refractivity (Wildman–Crippen MR) is 140 cm³/mol. The van der Waals surface area contributed by atoms with Gasteiger partial charge in [-0.05, 0) is 54.6 Å². The van der Waals surface area contributed by atoms with Crippen LogP contribution in [0, 0.1) is 0 Å². The minimum atomic E-state index is -0.195. The number of amides is 1. The molecule has 0 spiro atoms. The maximum absolute atomic E-state index is 12.9. The summed E-state index contributed by atoms with van der Waals surface area (Å²) in [7, 11) is 0. The molecule has 8 heteroatoms. The SMILES string of the molecule is O=C(Nc1c[nH]c2ncc(-c3csc(CN4CCCC4)c3)cc12)c1cnn(Cc2ccccc2)c1. The van der Waals surface area contributed by atoms with Gasteiger partial charge < -0.3 is 10.3 Å². The van der Waals surface area contributed by atoms with E-state index in [1.807, 2.05) is 36.5 Å². The zero-order valence-electron chi connectivity index (χ0n) is 19.3. The number of thiophene rings is 1. The number of pyridine rings is 1. The molecule has 35 heavy (non-hydrogen) atoms. The van der Waals surface area contributed by atoms with Crippen LogP contribution in [-0.4, -0.2) is 43.6 Å². The van der Waals surface area contributed by atoms with E-state index in [-0.39, 0.29) is 5.91 Å². The number of rotatable bonds is 7. The average Bonchev–Trinajstić information content (AvgIpc) is 3.68. The van der Waals surface area contributed by atoms with Crippen LogP contribution in [0.25, 0.3) is 22.2 Å². The second-order valence-electron chi connectivity index (χ2n) is 8.97. The van der Waals surface area contributed by atoms with Gasteiger partial charge in [-0.1, -0.05) is 30.3 Å². The first-order valence-electron chi connectivity index (χ1n) is 11.9. The zero-order chi connectivity index (χ0) is 23.6. The Balaban J connectivity index is 1.18. The summed E-state index contributed by atoms with van der Waals surface area (Å²) in [5.74, 6) is -0.195. The molecule has 1 saturated heterocycles. The molecule has 0 radical (unpaired) electrons. The van der Waals surface area contributed by atoms with E-state index in [4.69, 9.17) is 0 Å². The molecule has 0 saturated carbocycles. The largest absolute Gasteiger partial charge is 0.344 e. The fourth-order valence-electron chi connectivity index (χ4n) is 4.57. The van der Waals surface area contributed by atoms with E-state index in [1.54, 1.807) is 34.6 Å². The fourth-order valence-corrected chi connectivity index (χ4v) is 5.51. The number of carbonyl (C=O) groups excluding carboxylic acids is 1. The van der Waals surface area contributed by atoms with Crippen molar-refractivity contribution in [2.24, 2.45) is 0 Å². The zero-order valence-corrected chi connectivity index (χ0v) is 20.1. The first kappa shape index (κ1) is 21.8. The molecule has 0 unspecified atom stereocenters. The van der Waals surface area contributed by atoms with Crippen molar-refractivity contribution in [2.45, 2.75) is 25.9 Å². The van der Waals surface area contributed by atoms with E-state index in [2.05, 4.69) is 42.8 Å². The number of hydrogen-bond acceptors (Lipinski definition) is 5. The Morgan fingerprint density at radius 3 is 2.77 bits per heavy atom. The molecule has 1 fully saturated rings. The second-order valence-corrected chi connectivity index (χ2v) is 9.97. The quantitative estimate of drug-likeness (QED) is 0.326. The number of likely N-dealkylation sites (tertiary alicyclic amines) is 1. The van der Waals surface area contributed by atoms with Gasteiger partial charge >= 0.3 is 0 Å². The van der Waals surface area contributed by atoms with Crippen LogP contribution in [0.1, 0.15) is 33.6 Å². The van der Waals surface area contributed by atoms with Crippen molar-refractivity contribution >= 4 is 34.0 Å². The van der Waals surface area contributed by atoms with Crippen molar-refractivity contribution in [3.63, 3.8) is 0 Å². The molecule has 4 aromatic heterocycles. The van der Waals surface area contributed by atoms with Gasteiger partial charge in [-0.25, -0.2) is 4.98 Å². The van der Waals surface area contributed by atoms with E-state index >= 15 is 0 Å². The molecule has 6 rings (SSSR count). The molecule has 0 aliphatic carbocycles. The van der Waals surface area contributed by atoms with Crippen molar-refractivity contribution in [1.29, 1.82) is 0 Å². The van der Waals surface area contributed by atoms with Crippen LogP contribution in [0.15, 0.2) is 72.6 Å². The fraction of sp³-hybridized carbons (Fsp3) is 0.222. The third kappa shape index (κ3) is 4.76. The van der Waals surface area contributed by atoms with Crippen molar-refractivity contribution in [2.75, 3.05) is 18.4 Å². The highest BCUT2D eigenvalue weighted by Gasteiger charge is 2.15. The number of anilines is 1. The van der Waals surface area contributed by atoms with E-state index in [0.29, 0.717) is 17.8 Å². The number of benzene rings is 1. The van der Waals surface area contributed by atoms with Crippen LogP contribution >= 0.6 is 11.3 Å². The Kier molecular flexibility index (Phi) is 5.89. The number of fused-ring (bicyclic) bond motifs is 1. The van der Waals surface area contributed by atoms with Gasteiger partial charge in [0.05, 0.1) is 24.0 Å². The lowest BCUT2D eigenvalue weighted by Crippen LogP contribution is -2.17. The molecule has 0 atom stereocenters. The summed E-state index contributed by atoms with van der Waals surface area (Å²) in [6.07, 6.45) is 9.65. The van der Waals surface area contributed by atoms with Crippen molar-refractivity contribution in [3.8, 4) is 11.1 Å². The number of hydrogen-bond donors (Lipinski definition) is 2. The third-order valence-corrected chi connectivity index (χ3v) is 7.35. The minimum Gasteiger partial charge on any atom is -0.344 e. The molecule has 7 nitrogen and oxygen atoms in total. The van der Waals surface area contributed by atoms with E-state index in [9.17, 15) is 4.79 Å². The van der Waals surface area contributed by atoms with E-state index in [0.717, 1.165) is 28.7 Å². The molecular formula is C27H26N6OS. The molecule has 5 heterocycles. The Labute approximate surface area is 207 Å². The Hall–Kier alpha value is -3.75. The Bertz CT molecular complexity index is 1460. The van der Waals surface area contributed by atoms with Crippen molar-refractivity contribution in [1.82, 2.24) is 24.6 Å². The number of aromatic nitrogens is 4. The molecule has 176 valence electrons. The average molecular weight is 483 g/mol. The molecule has 5 aromatic rings. The maximum atomic E-state index is 12.9. The van der Waals surface area contributed by atoms with Crippen LogP contribution < -0.4 is 5.32 Å². The van der Waals surface area contributed by atoms with Gasteiger partial charge in [0, 0.05) is 41.0 Å². The van der Waals surface area contributed by atoms with Gasteiger partial charge in [-0.2, -0.15) is 5.10 Å². The van der Waals surface area contributed by atoms with E-state index < -0.39 is 0 Å². The second kappa shape index (κ2) is 9.48. The molecule has 1 aliphatic rings. The summed E-state index contributed by atoms with van der Waals surface area (Å²) in [4.78, 5) is 24.6. The topological polar surface area (TPSA) is 78.8 Å². The monoisotopic (exact) mass is 482 g/mol. The van der Waals surface area contributed by atoms with Crippen molar-refractivity contribution < 1.29 is 4.79 Å². The lowest BCUT2D eigenvalue weighted by Gasteiger charge is -2.12. The summed E-state index contributed by atoms with van der Waals surface area (Å²) >= 11 is 1.80. The molecule has 1 amide bonds. The normalized spacial score (nSPS) is 14.1. The smallest absolute Gasteiger partial charge is 0.258 e.